The fourth-order valence-electron chi connectivity index (χ4n) is 2.93. The molecular formula is C18H15N5O4. The normalized spacial score (nSPS) is 11.1. The first-order valence-corrected chi connectivity index (χ1v) is 8.31. The van der Waals surface area contributed by atoms with Gasteiger partial charge in [-0.05, 0) is 18.2 Å². The lowest BCUT2D eigenvalue weighted by Crippen LogP contribution is -2.31. The molecule has 4 rings (SSSR count). The van der Waals surface area contributed by atoms with Crippen molar-refractivity contribution in [2.24, 2.45) is 0 Å². The van der Waals surface area contributed by atoms with Crippen LogP contribution in [0.15, 0.2) is 56.6 Å². The van der Waals surface area contributed by atoms with E-state index in [4.69, 9.17) is 4.42 Å². The lowest BCUT2D eigenvalue weighted by atomic mass is 10.1. The van der Waals surface area contributed by atoms with Crippen LogP contribution in [0.4, 0.5) is 0 Å². The molecule has 136 valence electrons. The Hall–Kier alpha value is -3.75. The summed E-state index contributed by atoms with van der Waals surface area (Å²) >= 11 is 0. The van der Waals surface area contributed by atoms with Crippen molar-refractivity contribution in [2.75, 3.05) is 6.54 Å². The van der Waals surface area contributed by atoms with Gasteiger partial charge in [0.15, 0.2) is 11.2 Å². The third kappa shape index (κ3) is 3.22. The molecule has 0 atom stereocenters. The Morgan fingerprint density at radius 3 is 2.81 bits per heavy atom. The minimum Gasteiger partial charge on any atom is -0.406 e. The van der Waals surface area contributed by atoms with E-state index in [1.165, 1.54) is 4.57 Å². The molecule has 27 heavy (non-hydrogen) atoms. The van der Waals surface area contributed by atoms with E-state index in [9.17, 15) is 14.4 Å². The molecule has 0 saturated heterocycles. The lowest BCUT2D eigenvalue weighted by Gasteiger charge is -2.07. The highest BCUT2D eigenvalue weighted by Gasteiger charge is 2.12. The quantitative estimate of drug-likeness (QED) is 0.533. The SMILES string of the molecule is O=C(Cc1n[nH]c(=O)c2ccccc12)NCCn1c(=O)oc2cccnc21. The van der Waals surface area contributed by atoms with Crippen molar-refractivity contribution in [1.82, 2.24) is 25.1 Å². The van der Waals surface area contributed by atoms with Crippen molar-refractivity contribution < 1.29 is 9.21 Å². The van der Waals surface area contributed by atoms with E-state index in [0.717, 1.165) is 0 Å². The van der Waals surface area contributed by atoms with E-state index in [0.29, 0.717) is 27.7 Å². The molecule has 0 unspecified atom stereocenters. The summed E-state index contributed by atoms with van der Waals surface area (Å²) in [5.74, 6) is -0.792. The van der Waals surface area contributed by atoms with Gasteiger partial charge in [0.2, 0.25) is 5.91 Å². The second-order valence-electron chi connectivity index (χ2n) is 5.92. The molecule has 0 aliphatic carbocycles. The van der Waals surface area contributed by atoms with Gasteiger partial charge < -0.3 is 9.73 Å². The number of carbonyl (C=O) groups excluding carboxylic acids is 1. The molecule has 0 radical (unpaired) electrons. The van der Waals surface area contributed by atoms with Crippen molar-refractivity contribution in [2.45, 2.75) is 13.0 Å². The van der Waals surface area contributed by atoms with Crippen LogP contribution in [0.1, 0.15) is 5.69 Å². The van der Waals surface area contributed by atoms with E-state index in [1.807, 2.05) is 0 Å². The van der Waals surface area contributed by atoms with E-state index in [1.54, 1.807) is 42.6 Å². The Bertz CT molecular complexity index is 1250. The third-order valence-corrected chi connectivity index (χ3v) is 4.18. The average molecular weight is 365 g/mol. The topological polar surface area (TPSA) is 123 Å². The van der Waals surface area contributed by atoms with Crippen LogP contribution >= 0.6 is 0 Å². The first-order valence-electron chi connectivity index (χ1n) is 8.31. The Kier molecular flexibility index (Phi) is 4.25. The van der Waals surface area contributed by atoms with Gasteiger partial charge in [0.05, 0.1) is 17.5 Å². The monoisotopic (exact) mass is 365 g/mol. The van der Waals surface area contributed by atoms with Gasteiger partial charge >= 0.3 is 5.76 Å². The molecular weight excluding hydrogens is 350 g/mol. The number of benzene rings is 1. The number of nitrogens with one attached hydrogen (secondary N) is 2. The molecule has 9 heteroatoms. The average Bonchev–Trinajstić information content (AvgIpc) is 3.00. The molecule has 0 bridgehead atoms. The van der Waals surface area contributed by atoms with Gasteiger partial charge in [-0.2, -0.15) is 5.10 Å². The first kappa shape index (κ1) is 16.7. The van der Waals surface area contributed by atoms with Crippen molar-refractivity contribution in [3.8, 4) is 0 Å². The Morgan fingerprint density at radius 2 is 1.96 bits per heavy atom. The van der Waals surface area contributed by atoms with Gasteiger partial charge in [-0.15, -0.1) is 0 Å². The predicted octanol–water partition coefficient (Wildman–Crippen LogP) is 0.585. The van der Waals surface area contributed by atoms with E-state index >= 15 is 0 Å². The summed E-state index contributed by atoms with van der Waals surface area (Å²) < 4.78 is 6.46. The fraction of sp³-hybridized carbons (Fsp3) is 0.167. The van der Waals surface area contributed by atoms with E-state index in [2.05, 4.69) is 20.5 Å². The zero-order chi connectivity index (χ0) is 18.8. The minimum atomic E-state index is -0.522. The highest BCUT2D eigenvalue weighted by molar-refractivity contribution is 5.88. The van der Waals surface area contributed by atoms with Crippen LogP contribution in [0.5, 0.6) is 0 Å². The van der Waals surface area contributed by atoms with Gasteiger partial charge in [0, 0.05) is 24.7 Å². The van der Waals surface area contributed by atoms with Gasteiger partial charge in [0.1, 0.15) is 0 Å². The second kappa shape index (κ2) is 6.87. The van der Waals surface area contributed by atoms with Crippen LogP contribution in [0.3, 0.4) is 0 Å². The summed E-state index contributed by atoms with van der Waals surface area (Å²) in [5, 5.41) is 10.2. The van der Waals surface area contributed by atoms with Crippen LogP contribution in [-0.2, 0) is 17.8 Å². The van der Waals surface area contributed by atoms with Crippen molar-refractivity contribution in [3.63, 3.8) is 0 Å². The predicted molar refractivity (Wildman–Crippen MR) is 97.3 cm³/mol. The molecule has 4 aromatic rings. The highest BCUT2D eigenvalue weighted by atomic mass is 16.4. The summed E-state index contributed by atoms with van der Waals surface area (Å²) in [6.07, 6.45) is 1.58. The van der Waals surface area contributed by atoms with Crippen LogP contribution in [0.2, 0.25) is 0 Å². The smallest absolute Gasteiger partial charge is 0.406 e. The molecule has 0 saturated carbocycles. The molecule has 0 aliphatic heterocycles. The van der Waals surface area contributed by atoms with Gasteiger partial charge in [-0.3, -0.25) is 14.2 Å². The summed E-state index contributed by atoms with van der Waals surface area (Å²) in [6, 6.07) is 10.3. The number of fused-ring (bicyclic) bond motifs is 2. The fourth-order valence-corrected chi connectivity index (χ4v) is 2.93. The molecule has 1 amide bonds. The molecule has 9 nitrogen and oxygen atoms in total. The number of hydrogen-bond donors (Lipinski definition) is 2. The maximum Gasteiger partial charge on any atom is 0.421 e. The van der Waals surface area contributed by atoms with E-state index in [-0.39, 0.29) is 31.0 Å². The Morgan fingerprint density at radius 1 is 1.15 bits per heavy atom. The molecule has 2 N–H and O–H groups in total. The standard InChI is InChI=1S/C18H15N5O4/c24-15(10-13-11-4-1-2-5-12(11)17(25)22-21-13)19-8-9-23-16-14(27-18(23)26)6-3-7-20-16/h1-7H,8-10H2,(H,19,24)(H,22,25). The summed E-state index contributed by atoms with van der Waals surface area (Å²) in [7, 11) is 0. The molecule has 1 aromatic carbocycles. The highest BCUT2D eigenvalue weighted by Crippen LogP contribution is 2.12. The number of oxazole rings is 1. The largest absolute Gasteiger partial charge is 0.421 e. The zero-order valence-electron chi connectivity index (χ0n) is 14.1. The number of nitrogens with zero attached hydrogens (tertiary/aromatic N) is 3. The zero-order valence-corrected chi connectivity index (χ0v) is 14.1. The molecule has 0 fully saturated rings. The van der Waals surface area contributed by atoms with Crippen LogP contribution in [0, 0.1) is 0 Å². The van der Waals surface area contributed by atoms with Crippen molar-refractivity contribution in [3.05, 3.63) is 69.2 Å². The minimum absolute atomic E-state index is 0.0105. The van der Waals surface area contributed by atoms with Gasteiger partial charge in [0.25, 0.3) is 5.56 Å². The maximum absolute atomic E-state index is 12.2. The van der Waals surface area contributed by atoms with Gasteiger partial charge in [-0.1, -0.05) is 18.2 Å². The van der Waals surface area contributed by atoms with Crippen LogP contribution in [0.25, 0.3) is 22.0 Å². The summed E-state index contributed by atoms with van der Waals surface area (Å²) in [5.41, 5.74) is 1.02. The number of pyridine rings is 1. The van der Waals surface area contributed by atoms with Crippen LogP contribution in [-0.4, -0.2) is 32.2 Å². The van der Waals surface area contributed by atoms with Crippen molar-refractivity contribution in [1.29, 1.82) is 0 Å². The number of amides is 1. The van der Waals surface area contributed by atoms with Gasteiger partial charge in [-0.25, -0.2) is 14.9 Å². The first-order chi connectivity index (χ1) is 13.1. The number of aromatic amines is 1. The number of aromatic nitrogens is 4. The maximum atomic E-state index is 12.2. The Balaban J connectivity index is 1.45. The third-order valence-electron chi connectivity index (χ3n) is 4.18. The van der Waals surface area contributed by atoms with Crippen molar-refractivity contribution >= 4 is 27.9 Å². The molecule has 3 aromatic heterocycles. The number of H-pyrrole nitrogens is 1. The van der Waals surface area contributed by atoms with Crippen LogP contribution < -0.4 is 16.6 Å². The number of hydrogen-bond acceptors (Lipinski definition) is 6. The summed E-state index contributed by atoms with van der Waals surface area (Å²) in [6.45, 7) is 0.458. The molecule has 0 aliphatic rings. The lowest BCUT2D eigenvalue weighted by molar-refractivity contribution is -0.120. The second-order valence-corrected chi connectivity index (χ2v) is 5.92. The Labute approximate surface area is 151 Å². The molecule has 0 spiro atoms. The number of carbonyl (C=O) groups is 1. The van der Waals surface area contributed by atoms with E-state index < -0.39 is 5.76 Å². The number of rotatable bonds is 5. The summed E-state index contributed by atoms with van der Waals surface area (Å²) in [4.78, 5) is 40.0. The molecule has 3 heterocycles.